The molecule has 2 N–H and O–H groups in total. The average molecular weight is 426 g/mol. The van der Waals surface area contributed by atoms with Crippen molar-refractivity contribution < 1.29 is 42.2 Å². The smallest absolute Gasteiger partial charge is 0.308 e. The van der Waals surface area contributed by atoms with E-state index in [2.05, 4.69) is 0 Å². The highest BCUT2D eigenvalue weighted by atomic mass is 16.5. The first-order chi connectivity index (χ1) is 16.7. The van der Waals surface area contributed by atoms with Crippen molar-refractivity contribution in [3.05, 3.63) is 29.8 Å². The van der Waals surface area contributed by atoms with Crippen LogP contribution in [-0.4, -0.2) is 47.5 Å². The summed E-state index contributed by atoms with van der Waals surface area (Å²) in [5, 5.41) is 20.9. The predicted octanol–water partition coefficient (Wildman–Crippen LogP) is 3.58. The van der Waals surface area contributed by atoms with Crippen LogP contribution >= 0.6 is 0 Å². The highest BCUT2D eigenvalue weighted by Gasteiger charge is 2.32. The molecule has 1 aromatic carbocycles. The van der Waals surface area contributed by atoms with E-state index in [0.29, 0.717) is 24.8 Å². The number of hydrogen-bond acceptors (Lipinski definition) is 7. The third-order valence-corrected chi connectivity index (χ3v) is 5.16. The number of nitrogens with zero attached hydrogens (tertiary/aromatic N) is 1. The van der Waals surface area contributed by atoms with Gasteiger partial charge in [-0.15, -0.1) is 0 Å². The van der Waals surface area contributed by atoms with Crippen molar-refractivity contribution in [3.8, 4) is 29.0 Å². The van der Waals surface area contributed by atoms with Gasteiger partial charge in [0.05, 0.1) is 41.1 Å². The second-order valence-electron chi connectivity index (χ2n) is 7.15. The topological polar surface area (TPSA) is 99.4 Å². The Morgan fingerprint density at radius 3 is 2.67 bits per heavy atom. The Morgan fingerprint density at radius 1 is 1.13 bits per heavy atom. The van der Waals surface area contributed by atoms with Crippen molar-refractivity contribution in [2.75, 3.05) is 20.7 Å². The first-order valence-electron chi connectivity index (χ1n) is 12.7. The summed E-state index contributed by atoms with van der Waals surface area (Å²) >= 11 is 0. The molecule has 0 saturated heterocycles. The Hall–Kier alpha value is -2.87. The summed E-state index contributed by atoms with van der Waals surface area (Å²) in [7, 11) is -5.58. The molecule has 1 fully saturated rings. The number of ether oxygens (including phenoxy) is 4. The van der Waals surface area contributed by atoms with Gasteiger partial charge in [0.2, 0.25) is 5.88 Å². The maximum Gasteiger partial charge on any atom is 0.308 e. The van der Waals surface area contributed by atoms with Gasteiger partial charge in [0.25, 0.3) is 0 Å². The fraction of sp³-hybridized carbons (Fsp3) is 0.500. The lowest BCUT2D eigenvalue weighted by molar-refractivity contribution is -0.132. The van der Waals surface area contributed by atoms with E-state index >= 15 is 0 Å². The van der Waals surface area contributed by atoms with Crippen molar-refractivity contribution in [3.63, 3.8) is 0 Å². The van der Waals surface area contributed by atoms with E-state index in [1.165, 1.54) is 29.7 Å². The van der Waals surface area contributed by atoms with Gasteiger partial charge >= 0.3 is 5.97 Å². The van der Waals surface area contributed by atoms with E-state index in [4.69, 9.17) is 27.2 Å². The molecule has 3 rings (SSSR count). The van der Waals surface area contributed by atoms with Gasteiger partial charge in [0, 0.05) is 13.0 Å². The zero-order valence-electron chi connectivity index (χ0n) is 22.6. The predicted molar refractivity (Wildman–Crippen MR) is 110 cm³/mol. The van der Waals surface area contributed by atoms with E-state index in [0.717, 1.165) is 12.8 Å². The molecule has 0 spiro atoms. The van der Waals surface area contributed by atoms with Crippen LogP contribution in [0.25, 0.3) is 0 Å². The van der Waals surface area contributed by atoms with Crippen LogP contribution in [0.4, 0.5) is 0 Å². The highest BCUT2D eigenvalue weighted by molar-refractivity contribution is 5.70. The fourth-order valence-electron chi connectivity index (χ4n) is 3.80. The molecule has 0 aliphatic heterocycles. The Kier molecular flexibility index (Phi) is 4.88. The number of methoxy groups -OCH3 is 2. The van der Waals surface area contributed by atoms with Crippen LogP contribution in [0.1, 0.15) is 52.4 Å². The van der Waals surface area contributed by atoms with Gasteiger partial charge in [-0.2, -0.15) is 0 Å². The number of carbonyl (C=O) groups is 1. The lowest BCUT2D eigenvalue weighted by Crippen LogP contribution is -2.30. The molecule has 1 aliphatic rings. The monoisotopic (exact) mass is 425 g/mol. The second kappa shape index (κ2) is 9.75. The molecule has 2 aromatic rings. The minimum absolute atomic E-state index is 0.134. The molecular formula is C22H29NO7. The number of aromatic hydroxyl groups is 2. The molecule has 2 atom stereocenters. The van der Waals surface area contributed by atoms with Gasteiger partial charge < -0.3 is 29.2 Å². The largest absolute Gasteiger partial charge is 0.494 e. The first kappa shape index (κ1) is 15.0. The first-order valence-corrected chi connectivity index (χ1v) is 9.67. The molecule has 0 unspecified atom stereocenters. The minimum atomic E-state index is -2.80. The maximum atomic E-state index is 11.3. The quantitative estimate of drug-likeness (QED) is 0.624. The van der Waals surface area contributed by atoms with E-state index in [1.807, 2.05) is 0 Å². The van der Waals surface area contributed by atoms with Crippen molar-refractivity contribution in [1.82, 2.24) is 4.57 Å². The normalized spacial score (nSPS) is 22.6. The molecule has 0 amide bonds. The van der Waals surface area contributed by atoms with Crippen molar-refractivity contribution in [1.29, 1.82) is 0 Å². The number of rotatable bonds is 8. The molecule has 0 bridgehead atoms. The molecule has 1 heterocycles. The summed E-state index contributed by atoms with van der Waals surface area (Å²) in [6, 6.07) is 5.09. The summed E-state index contributed by atoms with van der Waals surface area (Å²) in [6.45, 7) is 1.41. The lowest BCUT2D eigenvalue weighted by atomic mass is 9.92. The van der Waals surface area contributed by atoms with E-state index in [9.17, 15) is 15.0 Å². The van der Waals surface area contributed by atoms with Crippen molar-refractivity contribution in [2.45, 2.75) is 51.2 Å². The zero-order valence-corrected chi connectivity index (χ0v) is 16.6. The van der Waals surface area contributed by atoms with Crippen LogP contribution in [0.15, 0.2) is 24.3 Å². The molecule has 8 heteroatoms. The summed E-state index contributed by atoms with van der Waals surface area (Å²) < 4.78 is 65.9. The van der Waals surface area contributed by atoms with Crippen LogP contribution in [-0.2, 0) is 16.0 Å². The Bertz CT molecular complexity index is 1070. The third kappa shape index (κ3) is 4.81. The summed E-state index contributed by atoms with van der Waals surface area (Å²) in [4.78, 5) is 11.3. The van der Waals surface area contributed by atoms with Crippen molar-refractivity contribution in [2.24, 2.45) is 0 Å². The fourth-order valence-corrected chi connectivity index (χ4v) is 3.80. The van der Waals surface area contributed by atoms with Crippen LogP contribution in [0.5, 0.6) is 29.0 Å². The molecule has 8 nitrogen and oxygen atoms in total. The Morgan fingerprint density at radius 2 is 1.90 bits per heavy atom. The zero-order chi connectivity index (χ0) is 26.7. The van der Waals surface area contributed by atoms with Gasteiger partial charge in [-0.3, -0.25) is 9.36 Å². The van der Waals surface area contributed by atoms with Gasteiger partial charge in [-0.25, -0.2) is 0 Å². The Balaban J connectivity index is 1.72. The van der Waals surface area contributed by atoms with Gasteiger partial charge in [-0.1, -0.05) is 18.9 Å². The van der Waals surface area contributed by atoms with Gasteiger partial charge in [-0.05, 0) is 37.0 Å². The third-order valence-electron chi connectivity index (χ3n) is 5.16. The molecule has 30 heavy (non-hydrogen) atoms. The molecule has 164 valence electrons. The summed E-state index contributed by atoms with van der Waals surface area (Å²) in [5.41, 5.74) is 0.628. The van der Waals surface area contributed by atoms with Crippen molar-refractivity contribution >= 4 is 5.97 Å². The van der Waals surface area contributed by atoms with Crippen LogP contribution < -0.4 is 14.2 Å². The van der Waals surface area contributed by atoms with Crippen LogP contribution in [0, 0.1) is 0 Å². The SMILES string of the molecule is [2H]C([2H])([2H])Oc1ccc(CCO[C@@H]2CCCC[C@H]2n2c(O)cc(OC(C)=O)c2O)cc1OC([2H])([2H])[2H]. The number of benzene rings is 1. The molecule has 0 radical (unpaired) electrons. The average Bonchev–Trinajstić information content (AvgIpc) is 3.00. The number of aromatic nitrogens is 1. The molecule has 1 aliphatic carbocycles. The highest BCUT2D eigenvalue weighted by Crippen LogP contribution is 2.43. The lowest BCUT2D eigenvalue weighted by Gasteiger charge is -2.33. The van der Waals surface area contributed by atoms with Gasteiger partial charge in [0.1, 0.15) is 0 Å². The summed E-state index contributed by atoms with van der Waals surface area (Å²) in [6.07, 6.45) is 3.02. The standard InChI is InChI=1S/C22H29NO7/c1-14(24)30-20-13-21(25)23(22(20)26)16-6-4-5-7-17(16)29-11-10-15-8-9-18(27-2)19(12-15)28-3/h8-9,12-13,16-17,25-26H,4-7,10-11H2,1-3H3/t16-,17-/m1/s1/i2D3,3D3. The minimum Gasteiger partial charge on any atom is -0.494 e. The number of hydrogen-bond donors (Lipinski definition) is 2. The van der Waals surface area contributed by atoms with E-state index in [1.54, 1.807) is 6.07 Å². The molecule has 1 saturated carbocycles. The summed E-state index contributed by atoms with van der Waals surface area (Å²) in [5.74, 6) is -1.81. The molecular weight excluding hydrogens is 390 g/mol. The van der Waals surface area contributed by atoms with E-state index < -0.39 is 26.1 Å². The van der Waals surface area contributed by atoms with Crippen LogP contribution in [0.2, 0.25) is 0 Å². The molecule has 1 aromatic heterocycles. The van der Waals surface area contributed by atoms with Gasteiger partial charge in [0.15, 0.2) is 23.1 Å². The number of esters is 1. The Labute approximate surface area is 184 Å². The second-order valence-corrected chi connectivity index (χ2v) is 7.15. The number of carbonyl (C=O) groups excluding carboxylic acids is 1. The maximum absolute atomic E-state index is 11.3. The van der Waals surface area contributed by atoms with E-state index in [-0.39, 0.29) is 41.7 Å². The van der Waals surface area contributed by atoms with Crippen LogP contribution in [0.3, 0.4) is 0 Å².